The predicted octanol–water partition coefficient (Wildman–Crippen LogP) is 3.52. The fourth-order valence-electron chi connectivity index (χ4n) is 4.45. The minimum Gasteiger partial charge on any atom is -0.497 e. The summed E-state index contributed by atoms with van der Waals surface area (Å²) < 4.78 is 17.9. The molecule has 1 aliphatic rings. The summed E-state index contributed by atoms with van der Waals surface area (Å²) in [5, 5.41) is 0.782. The van der Waals surface area contributed by atoms with Gasteiger partial charge in [-0.2, -0.15) is 0 Å². The van der Waals surface area contributed by atoms with E-state index in [2.05, 4.69) is 4.98 Å². The molecule has 4 aromatic rings. The highest BCUT2D eigenvalue weighted by atomic mass is 16.5. The fourth-order valence-corrected chi connectivity index (χ4v) is 4.45. The molecule has 164 valence electrons. The normalized spacial score (nSPS) is 16.1. The van der Waals surface area contributed by atoms with Gasteiger partial charge in [0, 0.05) is 23.6 Å². The van der Waals surface area contributed by atoms with Crippen molar-refractivity contribution in [3.63, 3.8) is 0 Å². The van der Waals surface area contributed by atoms with Gasteiger partial charge in [-0.3, -0.25) is 14.2 Å². The van der Waals surface area contributed by atoms with Gasteiger partial charge in [0.1, 0.15) is 29.1 Å². The molecule has 1 fully saturated rings. The molecular weight excluding hydrogens is 410 g/mol. The second-order valence-corrected chi connectivity index (χ2v) is 7.81. The zero-order chi connectivity index (χ0) is 22.2. The predicted molar refractivity (Wildman–Crippen MR) is 119 cm³/mol. The standard InChI is InChI=1S/C24H23N3O5/c1-30-15-9-10-16(20(12-15)31-2)18-7-5-11-27(18)21(28)13-26-14-25-22-17-6-3-4-8-19(17)32-23(22)24(26)29/h3-4,6,8-10,12,14,18H,5,7,11,13H2,1-2H3/t18-/m0/s1. The van der Waals surface area contributed by atoms with Crippen molar-refractivity contribution >= 4 is 28.0 Å². The number of aromatic nitrogens is 2. The molecule has 1 atom stereocenters. The number of benzene rings is 2. The largest absolute Gasteiger partial charge is 0.497 e. The van der Waals surface area contributed by atoms with E-state index in [1.54, 1.807) is 25.2 Å². The Kier molecular flexibility index (Phi) is 5.05. The number of carbonyl (C=O) groups is 1. The van der Waals surface area contributed by atoms with Gasteiger partial charge in [0.15, 0.2) is 0 Å². The third-order valence-electron chi connectivity index (χ3n) is 6.03. The minimum absolute atomic E-state index is 0.103. The van der Waals surface area contributed by atoms with Crippen LogP contribution in [-0.2, 0) is 11.3 Å². The lowest BCUT2D eigenvalue weighted by molar-refractivity contribution is -0.132. The summed E-state index contributed by atoms with van der Waals surface area (Å²) in [6, 6.07) is 12.9. The highest BCUT2D eigenvalue weighted by molar-refractivity contribution is 6.01. The summed E-state index contributed by atoms with van der Waals surface area (Å²) in [7, 11) is 3.21. The van der Waals surface area contributed by atoms with Crippen LogP contribution in [0.5, 0.6) is 11.5 Å². The van der Waals surface area contributed by atoms with Crippen LogP contribution in [-0.4, -0.2) is 41.1 Å². The number of rotatable bonds is 5. The number of amides is 1. The van der Waals surface area contributed by atoms with E-state index in [4.69, 9.17) is 13.9 Å². The lowest BCUT2D eigenvalue weighted by atomic mass is 10.0. The number of fused-ring (bicyclic) bond motifs is 3. The average molecular weight is 433 g/mol. The summed E-state index contributed by atoms with van der Waals surface area (Å²) in [5.41, 5.74) is 1.84. The van der Waals surface area contributed by atoms with Crippen LogP contribution < -0.4 is 15.0 Å². The van der Waals surface area contributed by atoms with Crippen molar-refractivity contribution in [3.05, 3.63) is 64.7 Å². The third-order valence-corrected chi connectivity index (χ3v) is 6.03. The highest BCUT2D eigenvalue weighted by Gasteiger charge is 2.32. The molecular formula is C24H23N3O5. The zero-order valence-electron chi connectivity index (χ0n) is 17.9. The maximum atomic E-state index is 13.2. The Bertz CT molecular complexity index is 1370. The summed E-state index contributed by atoms with van der Waals surface area (Å²) in [5.74, 6) is 1.22. The topological polar surface area (TPSA) is 86.8 Å². The number of para-hydroxylation sites is 1. The van der Waals surface area contributed by atoms with Crippen molar-refractivity contribution in [1.82, 2.24) is 14.5 Å². The third kappa shape index (κ3) is 3.28. The molecule has 0 saturated carbocycles. The van der Waals surface area contributed by atoms with Crippen molar-refractivity contribution in [2.45, 2.75) is 25.4 Å². The van der Waals surface area contributed by atoms with Gasteiger partial charge in [0.05, 0.1) is 26.6 Å². The first-order valence-corrected chi connectivity index (χ1v) is 10.5. The molecule has 2 aromatic heterocycles. The van der Waals surface area contributed by atoms with Crippen LogP contribution in [0.3, 0.4) is 0 Å². The van der Waals surface area contributed by atoms with Crippen LogP contribution in [0, 0.1) is 0 Å². The number of hydrogen-bond donors (Lipinski definition) is 0. The summed E-state index contributed by atoms with van der Waals surface area (Å²) in [4.78, 5) is 32.4. The molecule has 0 N–H and O–H groups in total. The van der Waals surface area contributed by atoms with Gasteiger partial charge in [0.25, 0.3) is 5.56 Å². The first kappa shape index (κ1) is 20.1. The Hall–Kier alpha value is -3.81. The first-order valence-electron chi connectivity index (χ1n) is 10.5. The molecule has 5 rings (SSSR count). The smallest absolute Gasteiger partial charge is 0.297 e. The molecule has 0 spiro atoms. The van der Waals surface area contributed by atoms with Gasteiger partial charge in [-0.1, -0.05) is 12.1 Å². The van der Waals surface area contributed by atoms with Gasteiger partial charge in [0.2, 0.25) is 11.5 Å². The van der Waals surface area contributed by atoms with Crippen molar-refractivity contribution in [3.8, 4) is 11.5 Å². The summed E-state index contributed by atoms with van der Waals surface area (Å²) >= 11 is 0. The van der Waals surface area contributed by atoms with E-state index in [-0.39, 0.29) is 29.6 Å². The monoisotopic (exact) mass is 433 g/mol. The van der Waals surface area contributed by atoms with Gasteiger partial charge in [-0.25, -0.2) is 4.98 Å². The van der Waals surface area contributed by atoms with E-state index >= 15 is 0 Å². The van der Waals surface area contributed by atoms with Crippen LogP contribution in [0.4, 0.5) is 0 Å². The number of carbonyl (C=O) groups excluding carboxylic acids is 1. The molecule has 1 amide bonds. The number of ether oxygens (including phenoxy) is 2. The van der Waals surface area contributed by atoms with Gasteiger partial charge < -0.3 is 18.8 Å². The lowest BCUT2D eigenvalue weighted by Crippen LogP contribution is -2.36. The van der Waals surface area contributed by atoms with Crippen LogP contribution in [0.25, 0.3) is 22.1 Å². The Balaban J connectivity index is 1.44. The molecule has 0 bridgehead atoms. The second kappa shape index (κ2) is 8.03. The molecule has 3 heterocycles. The molecule has 1 aliphatic heterocycles. The molecule has 1 saturated heterocycles. The van der Waals surface area contributed by atoms with E-state index < -0.39 is 0 Å². The van der Waals surface area contributed by atoms with E-state index in [9.17, 15) is 9.59 Å². The number of nitrogens with zero attached hydrogens (tertiary/aromatic N) is 3. The van der Waals surface area contributed by atoms with Crippen LogP contribution in [0.15, 0.2) is 58.0 Å². The molecule has 0 radical (unpaired) electrons. The van der Waals surface area contributed by atoms with Crippen LogP contribution in [0.1, 0.15) is 24.4 Å². The average Bonchev–Trinajstić information content (AvgIpc) is 3.46. The number of furan rings is 1. The molecule has 0 aliphatic carbocycles. The Morgan fingerprint density at radius 2 is 2.03 bits per heavy atom. The quantitative estimate of drug-likeness (QED) is 0.479. The fraction of sp³-hybridized carbons (Fsp3) is 0.292. The van der Waals surface area contributed by atoms with Gasteiger partial charge in [-0.15, -0.1) is 0 Å². The number of hydrogen-bond acceptors (Lipinski definition) is 6. The van der Waals surface area contributed by atoms with Crippen LogP contribution >= 0.6 is 0 Å². The maximum Gasteiger partial charge on any atom is 0.297 e. The minimum atomic E-state index is -0.364. The second-order valence-electron chi connectivity index (χ2n) is 7.81. The Labute approximate surface area is 184 Å². The molecule has 8 nitrogen and oxygen atoms in total. The van der Waals surface area contributed by atoms with Crippen LogP contribution in [0.2, 0.25) is 0 Å². The van der Waals surface area contributed by atoms with Crippen molar-refractivity contribution in [2.75, 3.05) is 20.8 Å². The number of methoxy groups -OCH3 is 2. The van der Waals surface area contributed by atoms with Crippen molar-refractivity contribution < 1.29 is 18.7 Å². The zero-order valence-corrected chi connectivity index (χ0v) is 17.9. The maximum absolute atomic E-state index is 13.2. The molecule has 0 unspecified atom stereocenters. The van der Waals surface area contributed by atoms with E-state index in [0.29, 0.717) is 29.1 Å². The lowest BCUT2D eigenvalue weighted by Gasteiger charge is -2.26. The van der Waals surface area contributed by atoms with Crippen molar-refractivity contribution in [2.24, 2.45) is 0 Å². The van der Waals surface area contributed by atoms with E-state index in [1.807, 2.05) is 36.4 Å². The molecule has 32 heavy (non-hydrogen) atoms. The van der Waals surface area contributed by atoms with E-state index in [0.717, 1.165) is 23.8 Å². The van der Waals surface area contributed by atoms with Gasteiger partial charge >= 0.3 is 0 Å². The van der Waals surface area contributed by atoms with Crippen molar-refractivity contribution in [1.29, 1.82) is 0 Å². The highest BCUT2D eigenvalue weighted by Crippen LogP contribution is 2.38. The molecule has 8 heteroatoms. The SMILES string of the molecule is COc1ccc([C@@H]2CCCN2C(=O)Cn2cnc3c(oc4ccccc43)c2=O)c(OC)c1. The summed E-state index contributed by atoms with van der Waals surface area (Å²) in [6.45, 7) is 0.515. The first-order chi connectivity index (χ1) is 15.6. The van der Waals surface area contributed by atoms with E-state index in [1.165, 1.54) is 10.9 Å². The van der Waals surface area contributed by atoms with Gasteiger partial charge in [-0.05, 0) is 37.1 Å². The molecule has 2 aromatic carbocycles. The Morgan fingerprint density at radius 1 is 1.19 bits per heavy atom. The Morgan fingerprint density at radius 3 is 2.84 bits per heavy atom. The summed E-state index contributed by atoms with van der Waals surface area (Å²) in [6.07, 6.45) is 3.12. The number of likely N-dealkylation sites (tertiary alicyclic amines) is 1.